The van der Waals surface area contributed by atoms with Crippen LogP contribution in [0.1, 0.15) is 16.8 Å². The SMILES string of the molecule is COCCN(CCC#N)CC(=O)c1cccc(Cl)c1. The maximum absolute atomic E-state index is 12.1. The Balaban J connectivity index is 2.61. The third-order valence-electron chi connectivity index (χ3n) is 2.67. The number of rotatable bonds is 8. The number of carbonyl (C=O) groups is 1. The zero-order valence-corrected chi connectivity index (χ0v) is 11.7. The number of ether oxygens (including phenoxy) is 1. The van der Waals surface area contributed by atoms with Crippen molar-refractivity contribution in [2.45, 2.75) is 6.42 Å². The van der Waals surface area contributed by atoms with Gasteiger partial charge in [-0.2, -0.15) is 5.26 Å². The number of benzene rings is 1. The summed E-state index contributed by atoms with van der Waals surface area (Å²) in [5.74, 6) is -0.00320. The van der Waals surface area contributed by atoms with E-state index in [1.165, 1.54) is 0 Å². The fourth-order valence-corrected chi connectivity index (χ4v) is 1.85. The Morgan fingerprint density at radius 3 is 2.89 bits per heavy atom. The highest BCUT2D eigenvalue weighted by Gasteiger charge is 2.12. The zero-order chi connectivity index (χ0) is 14.1. The lowest BCUT2D eigenvalue weighted by atomic mass is 10.1. The summed E-state index contributed by atoms with van der Waals surface area (Å²) in [6.45, 7) is 2.00. The molecule has 1 rings (SSSR count). The van der Waals surface area contributed by atoms with Crippen molar-refractivity contribution < 1.29 is 9.53 Å². The van der Waals surface area contributed by atoms with Crippen LogP contribution in [0.3, 0.4) is 0 Å². The van der Waals surface area contributed by atoms with Crippen LogP contribution in [0.25, 0.3) is 0 Å². The molecule has 4 nitrogen and oxygen atoms in total. The van der Waals surface area contributed by atoms with Gasteiger partial charge in [-0.05, 0) is 12.1 Å². The van der Waals surface area contributed by atoms with Gasteiger partial charge in [-0.15, -0.1) is 0 Å². The largest absolute Gasteiger partial charge is 0.383 e. The first-order valence-corrected chi connectivity index (χ1v) is 6.42. The number of nitriles is 1. The molecule has 0 N–H and O–H groups in total. The van der Waals surface area contributed by atoms with Crippen molar-refractivity contribution in [3.8, 4) is 6.07 Å². The number of hydrogen-bond donors (Lipinski definition) is 0. The monoisotopic (exact) mass is 280 g/mol. The number of halogens is 1. The lowest BCUT2D eigenvalue weighted by molar-refractivity contribution is 0.0898. The first-order valence-electron chi connectivity index (χ1n) is 6.04. The van der Waals surface area contributed by atoms with E-state index in [4.69, 9.17) is 21.6 Å². The molecule has 0 spiro atoms. The molecule has 0 heterocycles. The molecule has 0 bridgehead atoms. The Morgan fingerprint density at radius 1 is 1.47 bits per heavy atom. The molecule has 102 valence electrons. The second-order valence-corrected chi connectivity index (χ2v) is 4.55. The van der Waals surface area contributed by atoms with Gasteiger partial charge >= 0.3 is 0 Å². The van der Waals surface area contributed by atoms with Crippen molar-refractivity contribution >= 4 is 17.4 Å². The average Bonchev–Trinajstić information content (AvgIpc) is 2.41. The van der Waals surface area contributed by atoms with Gasteiger partial charge in [0.1, 0.15) is 0 Å². The lowest BCUT2D eigenvalue weighted by Gasteiger charge is -2.19. The van der Waals surface area contributed by atoms with Gasteiger partial charge in [0.2, 0.25) is 0 Å². The summed E-state index contributed by atoms with van der Waals surface area (Å²) in [6.07, 6.45) is 0.395. The van der Waals surface area contributed by atoms with Crippen LogP contribution in [0.2, 0.25) is 5.02 Å². The fraction of sp³-hybridized carbons (Fsp3) is 0.429. The maximum atomic E-state index is 12.1. The van der Waals surface area contributed by atoms with Crippen LogP contribution >= 0.6 is 11.6 Å². The molecule has 0 radical (unpaired) electrons. The van der Waals surface area contributed by atoms with Gasteiger partial charge in [0.15, 0.2) is 5.78 Å². The van der Waals surface area contributed by atoms with Gasteiger partial charge in [-0.25, -0.2) is 0 Å². The number of carbonyl (C=O) groups excluding carboxylic acids is 1. The predicted octanol–water partition coefficient (Wildman–Crippen LogP) is 2.38. The summed E-state index contributed by atoms with van der Waals surface area (Å²) in [5.41, 5.74) is 0.590. The number of hydrogen-bond acceptors (Lipinski definition) is 4. The Bertz CT molecular complexity index is 457. The van der Waals surface area contributed by atoms with Crippen molar-refractivity contribution in [1.29, 1.82) is 5.26 Å². The van der Waals surface area contributed by atoms with E-state index in [-0.39, 0.29) is 12.3 Å². The number of ketones is 1. The van der Waals surface area contributed by atoms with Gasteiger partial charge in [-0.3, -0.25) is 9.69 Å². The van der Waals surface area contributed by atoms with Gasteiger partial charge in [0.25, 0.3) is 0 Å². The Kier molecular flexibility index (Phi) is 7.12. The van der Waals surface area contributed by atoms with E-state index >= 15 is 0 Å². The number of methoxy groups -OCH3 is 1. The van der Waals surface area contributed by atoms with Crippen molar-refractivity contribution in [1.82, 2.24) is 4.90 Å². The molecule has 0 saturated carbocycles. The smallest absolute Gasteiger partial charge is 0.176 e. The van der Waals surface area contributed by atoms with Crippen LogP contribution < -0.4 is 0 Å². The van der Waals surface area contributed by atoms with Gasteiger partial charge < -0.3 is 4.74 Å². The third-order valence-corrected chi connectivity index (χ3v) is 2.90. The lowest BCUT2D eigenvalue weighted by Crippen LogP contribution is -2.33. The first-order chi connectivity index (χ1) is 9.17. The standard InChI is InChI=1S/C14H17ClN2O2/c1-19-9-8-17(7-3-6-16)11-14(18)12-4-2-5-13(15)10-12/h2,4-5,10H,3,7-9,11H2,1H3. The van der Waals surface area contributed by atoms with Crippen molar-refractivity contribution in [3.05, 3.63) is 34.9 Å². The molecule has 0 aliphatic heterocycles. The van der Waals surface area contributed by atoms with E-state index in [0.29, 0.717) is 36.7 Å². The molecule has 0 aromatic heterocycles. The molecular weight excluding hydrogens is 264 g/mol. The van der Waals surface area contributed by atoms with Crippen molar-refractivity contribution in [2.75, 3.05) is 33.4 Å². The summed E-state index contributed by atoms with van der Waals surface area (Å²) < 4.78 is 5.00. The summed E-state index contributed by atoms with van der Waals surface area (Å²) in [7, 11) is 1.61. The molecule has 0 amide bonds. The molecule has 1 aromatic rings. The molecule has 19 heavy (non-hydrogen) atoms. The summed E-state index contributed by atoms with van der Waals surface area (Å²) in [4.78, 5) is 14.0. The van der Waals surface area contributed by atoms with Crippen LogP contribution in [0.5, 0.6) is 0 Å². The van der Waals surface area contributed by atoms with Crippen LogP contribution in [-0.4, -0.2) is 44.0 Å². The summed E-state index contributed by atoms with van der Waals surface area (Å²) >= 11 is 5.86. The minimum Gasteiger partial charge on any atom is -0.383 e. The zero-order valence-electron chi connectivity index (χ0n) is 10.9. The molecule has 0 saturated heterocycles. The van der Waals surface area contributed by atoms with Crippen LogP contribution in [0.15, 0.2) is 24.3 Å². The minimum absolute atomic E-state index is 0.00320. The molecule has 0 aliphatic carbocycles. The molecular formula is C14H17ClN2O2. The van der Waals surface area contributed by atoms with E-state index in [0.717, 1.165) is 0 Å². The number of Topliss-reactive ketones (excluding diaryl/α,β-unsaturated/α-hetero) is 1. The molecule has 0 aliphatic rings. The first kappa shape index (κ1) is 15.6. The van der Waals surface area contributed by atoms with Gasteiger partial charge in [0.05, 0.1) is 19.2 Å². The quantitative estimate of drug-likeness (QED) is 0.686. The number of nitrogens with zero attached hydrogens (tertiary/aromatic N) is 2. The minimum atomic E-state index is -0.00320. The van der Waals surface area contributed by atoms with Crippen LogP contribution in [0.4, 0.5) is 0 Å². The maximum Gasteiger partial charge on any atom is 0.176 e. The molecule has 0 atom stereocenters. The Labute approximate surface area is 118 Å². The highest BCUT2D eigenvalue weighted by molar-refractivity contribution is 6.31. The van der Waals surface area contributed by atoms with E-state index < -0.39 is 0 Å². The third kappa shape index (κ3) is 5.84. The van der Waals surface area contributed by atoms with Crippen LogP contribution in [-0.2, 0) is 4.74 Å². The van der Waals surface area contributed by atoms with E-state index in [1.807, 2.05) is 4.90 Å². The van der Waals surface area contributed by atoms with Crippen LogP contribution in [0, 0.1) is 11.3 Å². The molecule has 0 fully saturated rings. The fourth-order valence-electron chi connectivity index (χ4n) is 1.65. The van der Waals surface area contributed by atoms with Gasteiger partial charge in [-0.1, -0.05) is 23.7 Å². The second-order valence-electron chi connectivity index (χ2n) is 4.11. The molecule has 0 unspecified atom stereocenters. The highest BCUT2D eigenvalue weighted by atomic mass is 35.5. The van der Waals surface area contributed by atoms with E-state index in [1.54, 1.807) is 31.4 Å². The normalized spacial score (nSPS) is 10.4. The Hall–Kier alpha value is -1.41. The molecule has 1 aromatic carbocycles. The van der Waals surface area contributed by atoms with Crippen molar-refractivity contribution in [2.24, 2.45) is 0 Å². The topological polar surface area (TPSA) is 53.3 Å². The molecule has 5 heteroatoms. The summed E-state index contributed by atoms with van der Waals surface area (Å²) in [6, 6.07) is 8.97. The van der Waals surface area contributed by atoms with E-state index in [2.05, 4.69) is 6.07 Å². The highest BCUT2D eigenvalue weighted by Crippen LogP contribution is 2.11. The van der Waals surface area contributed by atoms with Gasteiger partial charge in [0, 0.05) is 37.2 Å². The average molecular weight is 281 g/mol. The summed E-state index contributed by atoms with van der Waals surface area (Å²) in [5, 5.41) is 9.17. The van der Waals surface area contributed by atoms with Crippen molar-refractivity contribution in [3.63, 3.8) is 0 Å². The Morgan fingerprint density at radius 2 is 2.26 bits per heavy atom. The second kappa shape index (κ2) is 8.65. The predicted molar refractivity (Wildman–Crippen MR) is 74.3 cm³/mol. The van der Waals surface area contributed by atoms with E-state index in [9.17, 15) is 4.79 Å².